The van der Waals surface area contributed by atoms with Gasteiger partial charge in [0.1, 0.15) is 0 Å². The standard InChI is InChI=1S/C7H12N2O2/c1-9-7(10)5-6(8-9)3-4-11-2/h5,8H,3-4H2,1-2H3. The first-order valence-electron chi connectivity index (χ1n) is 3.48. The van der Waals surface area contributed by atoms with Crippen LogP contribution in [0.1, 0.15) is 5.69 Å². The molecule has 0 amide bonds. The Hall–Kier alpha value is -1.03. The van der Waals surface area contributed by atoms with Crippen LogP contribution in [0.5, 0.6) is 0 Å². The highest BCUT2D eigenvalue weighted by Gasteiger charge is 1.97. The fourth-order valence-electron chi connectivity index (χ4n) is 0.889. The lowest BCUT2D eigenvalue weighted by molar-refractivity contribution is 0.201. The number of ether oxygens (including phenoxy) is 1. The van der Waals surface area contributed by atoms with E-state index in [9.17, 15) is 4.79 Å². The highest BCUT2D eigenvalue weighted by Crippen LogP contribution is 1.90. The van der Waals surface area contributed by atoms with Crippen LogP contribution in [0.15, 0.2) is 10.9 Å². The van der Waals surface area contributed by atoms with Gasteiger partial charge in [0.25, 0.3) is 5.56 Å². The van der Waals surface area contributed by atoms with Gasteiger partial charge in [-0.1, -0.05) is 0 Å². The number of aromatic amines is 1. The molecule has 1 rings (SSSR count). The Bertz CT molecular complexity index is 274. The van der Waals surface area contributed by atoms with Crippen LogP contribution < -0.4 is 5.56 Å². The maximum atomic E-state index is 10.9. The minimum atomic E-state index is -0.00361. The predicted molar refractivity (Wildman–Crippen MR) is 41.6 cm³/mol. The summed E-state index contributed by atoms with van der Waals surface area (Å²) in [7, 11) is 3.33. The van der Waals surface area contributed by atoms with Crippen molar-refractivity contribution in [2.24, 2.45) is 7.05 Å². The molecule has 1 aromatic heterocycles. The Balaban J connectivity index is 2.65. The van der Waals surface area contributed by atoms with Crippen molar-refractivity contribution in [2.45, 2.75) is 6.42 Å². The molecule has 0 aliphatic heterocycles. The SMILES string of the molecule is COCCc1cc(=O)n(C)[nH]1. The molecular formula is C7H12N2O2. The second-order valence-electron chi connectivity index (χ2n) is 2.42. The Morgan fingerprint density at radius 1 is 1.73 bits per heavy atom. The second-order valence-corrected chi connectivity index (χ2v) is 2.42. The Morgan fingerprint density at radius 3 is 2.91 bits per heavy atom. The summed E-state index contributed by atoms with van der Waals surface area (Å²) in [5, 5.41) is 2.90. The molecule has 0 saturated carbocycles. The third-order valence-electron chi connectivity index (χ3n) is 1.52. The van der Waals surface area contributed by atoms with Gasteiger partial charge in [0.15, 0.2) is 0 Å². The molecule has 0 atom stereocenters. The summed E-state index contributed by atoms with van der Waals surface area (Å²) in [6.07, 6.45) is 0.757. The van der Waals surface area contributed by atoms with Crippen LogP contribution >= 0.6 is 0 Å². The van der Waals surface area contributed by atoms with E-state index in [0.717, 1.165) is 12.1 Å². The first-order valence-corrected chi connectivity index (χ1v) is 3.48. The number of methoxy groups -OCH3 is 1. The van der Waals surface area contributed by atoms with Crippen molar-refractivity contribution in [3.8, 4) is 0 Å². The van der Waals surface area contributed by atoms with Crippen molar-refractivity contribution in [2.75, 3.05) is 13.7 Å². The van der Waals surface area contributed by atoms with Gasteiger partial charge in [-0.15, -0.1) is 0 Å². The molecule has 0 spiro atoms. The number of aromatic nitrogens is 2. The number of H-pyrrole nitrogens is 1. The number of hydrogen-bond acceptors (Lipinski definition) is 2. The number of hydrogen-bond donors (Lipinski definition) is 1. The van der Waals surface area contributed by atoms with Crippen LogP contribution in [0.2, 0.25) is 0 Å². The topological polar surface area (TPSA) is 47.0 Å². The minimum absolute atomic E-state index is 0.00361. The summed E-state index contributed by atoms with van der Waals surface area (Å²) >= 11 is 0. The van der Waals surface area contributed by atoms with E-state index in [1.165, 1.54) is 4.68 Å². The van der Waals surface area contributed by atoms with Gasteiger partial charge in [0.2, 0.25) is 0 Å². The molecule has 0 aliphatic rings. The van der Waals surface area contributed by atoms with E-state index >= 15 is 0 Å². The van der Waals surface area contributed by atoms with Gasteiger partial charge in [0.05, 0.1) is 6.61 Å². The molecule has 0 bridgehead atoms. The number of nitrogens with one attached hydrogen (secondary N) is 1. The quantitative estimate of drug-likeness (QED) is 0.664. The molecule has 4 nitrogen and oxygen atoms in total. The average molecular weight is 156 g/mol. The maximum Gasteiger partial charge on any atom is 0.266 e. The smallest absolute Gasteiger partial charge is 0.266 e. The third kappa shape index (κ3) is 1.94. The van der Waals surface area contributed by atoms with Crippen LogP contribution in [0.25, 0.3) is 0 Å². The van der Waals surface area contributed by atoms with Gasteiger partial charge in [-0.2, -0.15) is 0 Å². The second kappa shape index (κ2) is 3.39. The third-order valence-corrected chi connectivity index (χ3v) is 1.52. The first-order chi connectivity index (χ1) is 5.24. The fraction of sp³-hybridized carbons (Fsp3) is 0.571. The lowest BCUT2D eigenvalue weighted by Crippen LogP contribution is -2.09. The van der Waals surface area contributed by atoms with Gasteiger partial charge in [-0.05, 0) is 0 Å². The van der Waals surface area contributed by atoms with Crippen molar-refractivity contribution in [3.05, 3.63) is 22.1 Å². The van der Waals surface area contributed by atoms with Crippen LogP contribution in [0.3, 0.4) is 0 Å². The minimum Gasteiger partial charge on any atom is -0.384 e. The number of aryl methyl sites for hydroxylation is 1. The predicted octanol–water partition coefficient (Wildman–Crippen LogP) is -0.0977. The maximum absolute atomic E-state index is 10.9. The summed E-state index contributed by atoms with van der Waals surface area (Å²) in [5.41, 5.74) is 0.912. The zero-order chi connectivity index (χ0) is 8.27. The molecule has 0 fully saturated rings. The monoisotopic (exact) mass is 156 g/mol. The van der Waals surface area contributed by atoms with Crippen molar-refractivity contribution >= 4 is 0 Å². The molecule has 0 unspecified atom stereocenters. The number of nitrogens with zero attached hydrogens (tertiary/aromatic N) is 1. The molecule has 4 heteroatoms. The molecule has 62 valence electrons. The van der Waals surface area contributed by atoms with Gasteiger partial charge in [-0.3, -0.25) is 14.6 Å². The molecular weight excluding hydrogens is 144 g/mol. The molecule has 0 aliphatic carbocycles. The number of rotatable bonds is 3. The van der Waals surface area contributed by atoms with Gasteiger partial charge in [-0.25, -0.2) is 0 Å². The van der Waals surface area contributed by atoms with E-state index in [1.807, 2.05) is 0 Å². The van der Waals surface area contributed by atoms with E-state index in [2.05, 4.69) is 5.10 Å². The summed E-state index contributed by atoms with van der Waals surface area (Å²) in [5.74, 6) is 0. The Labute approximate surface area is 64.8 Å². The van der Waals surface area contributed by atoms with Crippen LogP contribution in [0, 0.1) is 0 Å². The van der Waals surface area contributed by atoms with Gasteiger partial charge >= 0.3 is 0 Å². The zero-order valence-corrected chi connectivity index (χ0v) is 6.76. The van der Waals surface area contributed by atoms with E-state index in [0.29, 0.717) is 6.61 Å². The van der Waals surface area contributed by atoms with E-state index in [-0.39, 0.29) is 5.56 Å². The highest BCUT2D eigenvalue weighted by molar-refractivity contribution is 4.99. The van der Waals surface area contributed by atoms with Crippen LogP contribution in [0.4, 0.5) is 0 Å². The lowest BCUT2D eigenvalue weighted by atomic mass is 10.3. The van der Waals surface area contributed by atoms with E-state index in [4.69, 9.17) is 4.74 Å². The summed E-state index contributed by atoms with van der Waals surface area (Å²) in [4.78, 5) is 10.9. The molecule has 1 N–H and O–H groups in total. The van der Waals surface area contributed by atoms with Crippen molar-refractivity contribution in [1.29, 1.82) is 0 Å². The van der Waals surface area contributed by atoms with Crippen molar-refractivity contribution < 1.29 is 4.74 Å². The fourth-order valence-corrected chi connectivity index (χ4v) is 0.889. The Kier molecular flexibility index (Phi) is 2.48. The van der Waals surface area contributed by atoms with E-state index < -0.39 is 0 Å². The molecule has 0 radical (unpaired) electrons. The average Bonchev–Trinajstić information content (AvgIpc) is 2.28. The molecule has 11 heavy (non-hydrogen) atoms. The van der Waals surface area contributed by atoms with Crippen molar-refractivity contribution in [1.82, 2.24) is 9.78 Å². The lowest BCUT2D eigenvalue weighted by Gasteiger charge is -1.94. The summed E-state index contributed by atoms with van der Waals surface area (Å²) in [6, 6.07) is 1.58. The first kappa shape index (κ1) is 8.07. The molecule has 1 heterocycles. The van der Waals surface area contributed by atoms with Crippen LogP contribution in [-0.4, -0.2) is 23.5 Å². The normalized spacial score (nSPS) is 10.4. The van der Waals surface area contributed by atoms with Crippen LogP contribution in [-0.2, 0) is 18.2 Å². The Morgan fingerprint density at radius 2 is 2.45 bits per heavy atom. The van der Waals surface area contributed by atoms with Gasteiger partial charge < -0.3 is 4.74 Å². The molecule has 1 aromatic rings. The molecule has 0 saturated heterocycles. The highest BCUT2D eigenvalue weighted by atomic mass is 16.5. The largest absolute Gasteiger partial charge is 0.384 e. The summed E-state index contributed by atoms with van der Waals surface area (Å²) < 4.78 is 6.31. The van der Waals surface area contributed by atoms with Crippen molar-refractivity contribution in [3.63, 3.8) is 0 Å². The zero-order valence-electron chi connectivity index (χ0n) is 6.76. The molecule has 0 aromatic carbocycles. The summed E-state index contributed by atoms with van der Waals surface area (Å²) in [6.45, 7) is 0.639. The van der Waals surface area contributed by atoms with E-state index in [1.54, 1.807) is 20.2 Å². The van der Waals surface area contributed by atoms with Gasteiger partial charge in [0, 0.05) is 32.3 Å².